The number of imidazole rings is 1. The number of nitriles is 1. The van der Waals surface area contributed by atoms with E-state index in [1.54, 1.807) is 0 Å². The predicted octanol–water partition coefficient (Wildman–Crippen LogP) is 3.81. The summed E-state index contributed by atoms with van der Waals surface area (Å²) in [5.74, 6) is 0.872. The highest BCUT2D eigenvalue weighted by molar-refractivity contribution is 5.81. The Bertz CT molecular complexity index is 971. The standard InChI is InChI=1S/C19H18N4/c1-12-4-5-16-15(8-12)22-18(23(16)3)17-13(2)9-14(10-21-17)19(11-20)6-7-19/h4-5,8-10H,6-7H2,1-3H3. The summed E-state index contributed by atoms with van der Waals surface area (Å²) in [4.78, 5) is 9.41. The van der Waals surface area contributed by atoms with Crippen LogP contribution in [0.15, 0.2) is 30.5 Å². The van der Waals surface area contributed by atoms with Crippen LogP contribution >= 0.6 is 0 Å². The summed E-state index contributed by atoms with van der Waals surface area (Å²) < 4.78 is 2.08. The summed E-state index contributed by atoms with van der Waals surface area (Å²) in [7, 11) is 2.02. The number of hydrogen-bond acceptors (Lipinski definition) is 3. The van der Waals surface area contributed by atoms with E-state index in [2.05, 4.69) is 46.8 Å². The van der Waals surface area contributed by atoms with Crippen molar-refractivity contribution >= 4 is 11.0 Å². The smallest absolute Gasteiger partial charge is 0.159 e. The number of pyridine rings is 1. The Balaban J connectivity index is 1.85. The van der Waals surface area contributed by atoms with Crippen LogP contribution in [0.1, 0.15) is 29.5 Å². The van der Waals surface area contributed by atoms with Crippen LogP contribution in [0.25, 0.3) is 22.6 Å². The van der Waals surface area contributed by atoms with Crippen molar-refractivity contribution in [2.24, 2.45) is 7.05 Å². The van der Waals surface area contributed by atoms with Gasteiger partial charge in [0.25, 0.3) is 0 Å². The first-order chi connectivity index (χ1) is 11.0. The SMILES string of the molecule is Cc1ccc2c(c1)nc(-c1ncc(C3(C#N)CC3)cc1C)n2C. The van der Waals surface area contributed by atoms with E-state index in [4.69, 9.17) is 4.98 Å². The Morgan fingerprint density at radius 1 is 1.22 bits per heavy atom. The highest BCUT2D eigenvalue weighted by atomic mass is 15.1. The van der Waals surface area contributed by atoms with Gasteiger partial charge < -0.3 is 4.57 Å². The normalized spacial score (nSPS) is 15.6. The molecule has 23 heavy (non-hydrogen) atoms. The molecule has 1 aliphatic carbocycles. The van der Waals surface area contributed by atoms with Crippen LogP contribution < -0.4 is 0 Å². The van der Waals surface area contributed by atoms with Crippen molar-refractivity contribution < 1.29 is 0 Å². The van der Waals surface area contributed by atoms with Crippen molar-refractivity contribution in [2.45, 2.75) is 32.1 Å². The van der Waals surface area contributed by atoms with Gasteiger partial charge in [0.2, 0.25) is 0 Å². The topological polar surface area (TPSA) is 54.5 Å². The molecule has 0 aliphatic heterocycles. The predicted molar refractivity (Wildman–Crippen MR) is 89.9 cm³/mol. The Morgan fingerprint density at radius 2 is 2.00 bits per heavy atom. The first-order valence-electron chi connectivity index (χ1n) is 7.86. The molecule has 0 N–H and O–H groups in total. The van der Waals surface area contributed by atoms with Gasteiger partial charge in [0, 0.05) is 13.2 Å². The van der Waals surface area contributed by atoms with Gasteiger partial charge in [0.05, 0.1) is 22.5 Å². The second-order valence-corrected chi connectivity index (χ2v) is 6.57. The third kappa shape index (κ3) is 2.04. The van der Waals surface area contributed by atoms with Crippen LogP contribution in [-0.2, 0) is 12.5 Å². The van der Waals surface area contributed by atoms with Crippen molar-refractivity contribution in [2.75, 3.05) is 0 Å². The monoisotopic (exact) mass is 302 g/mol. The molecule has 0 saturated heterocycles. The molecular formula is C19H18N4. The molecule has 4 rings (SSSR count). The maximum absolute atomic E-state index is 9.36. The van der Waals surface area contributed by atoms with Crippen molar-refractivity contribution in [3.63, 3.8) is 0 Å². The molecule has 4 nitrogen and oxygen atoms in total. The molecule has 0 bridgehead atoms. The summed E-state index contributed by atoms with van der Waals surface area (Å²) >= 11 is 0. The van der Waals surface area contributed by atoms with Gasteiger partial charge in [0.1, 0.15) is 5.69 Å². The molecule has 2 aromatic heterocycles. The van der Waals surface area contributed by atoms with Crippen molar-refractivity contribution in [3.8, 4) is 17.6 Å². The van der Waals surface area contributed by atoms with E-state index in [9.17, 15) is 5.26 Å². The first-order valence-corrected chi connectivity index (χ1v) is 7.86. The van der Waals surface area contributed by atoms with Gasteiger partial charge in [-0.25, -0.2) is 4.98 Å². The fourth-order valence-corrected chi connectivity index (χ4v) is 3.18. The molecule has 1 saturated carbocycles. The molecule has 2 heterocycles. The Kier molecular flexibility index (Phi) is 2.83. The lowest BCUT2D eigenvalue weighted by Gasteiger charge is -2.10. The molecule has 1 fully saturated rings. The van der Waals surface area contributed by atoms with Crippen molar-refractivity contribution in [1.29, 1.82) is 5.26 Å². The Labute approximate surface area is 135 Å². The minimum Gasteiger partial charge on any atom is -0.326 e. The van der Waals surface area contributed by atoms with Gasteiger partial charge in [-0.2, -0.15) is 5.26 Å². The van der Waals surface area contributed by atoms with Crippen LogP contribution in [0.4, 0.5) is 0 Å². The van der Waals surface area contributed by atoms with E-state index in [0.717, 1.165) is 46.5 Å². The molecule has 114 valence electrons. The highest BCUT2D eigenvalue weighted by Crippen LogP contribution is 2.47. The van der Waals surface area contributed by atoms with E-state index in [-0.39, 0.29) is 5.41 Å². The molecule has 4 heteroatoms. The zero-order valence-electron chi connectivity index (χ0n) is 13.6. The molecule has 1 aliphatic rings. The van der Waals surface area contributed by atoms with E-state index in [0.29, 0.717) is 0 Å². The van der Waals surface area contributed by atoms with E-state index >= 15 is 0 Å². The average molecular weight is 302 g/mol. The van der Waals surface area contributed by atoms with Crippen LogP contribution in [0.2, 0.25) is 0 Å². The molecule has 0 atom stereocenters. The zero-order chi connectivity index (χ0) is 16.2. The zero-order valence-corrected chi connectivity index (χ0v) is 13.6. The van der Waals surface area contributed by atoms with Crippen molar-refractivity contribution in [1.82, 2.24) is 14.5 Å². The molecule has 0 spiro atoms. The number of aryl methyl sites for hydroxylation is 3. The minimum atomic E-state index is -0.292. The Morgan fingerprint density at radius 3 is 2.65 bits per heavy atom. The summed E-state index contributed by atoms with van der Waals surface area (Å²) in [6.45, 7) is 4.12. The Hall–Kier alpha value is -2.67. The number of aromatic nitrogens is 3. The minimum absolute atomic E-state index is 0.292. The molecule has 0 amide bonds. The van der Waals surface area contributed by atoms with Gasteiger partial charge in [-0.3, -0.25) is 4.98 Å². The second kappa shape index (κ2) is 4.66. The summed E-state index contributed by atoms with van der Waals surface area (Å²) in [5.41, 5.74) is 6.00. The fourth-order valence-electron chi connectivity index (χ4n) is 3.18. The van der Waals surface area contributed by atoms with Crippen LogP contribution in [-0.4, -0.2) is 14.5 Å². The third-order valence-electron chi connectivity index (χ3n) is 4.84. The van der Waals surface area contributed by atoms with Crippen LogP contribution in [0, 0.1) is 25.2 Å². The van der Waals surface area contributed by atoms with E-state index < -0.39 is 0 Å². The van der Waals surface area contributed by atoms with Crippen LogP contribution in [0.3, 0.4) is 0 Å². The molecular weight excluding hydrogens is 284 g/mol. The molecule has 0 radical (unpaired) electrons. The van der Waals surface area contributed by atoms with Crippen LogP contribution in [0.5, 0.6) is 0 Å². The lowest BCUT2D eigenvalue weighted by atomic mass is 9.97. The maximum Gasteiger partial charge on any atom is 0.159 e. The van der Waals surface area contributed by atoms with E-state index in [1.807, 2.05) is 20.2 Å². The first kappa shape index (κ1) is 14.0. The van der Waals surface area contributed by atoms with Gasteiger partial charge >= 0.3 is 0 Å². The number of nitrogens with zero attached hydrogens (tertiary/aromatic N) is 4. The maximum atomic E-state index is 9.36. The molecule has 1 aromatic carbocycles. The number of benzene rings is 1. The van der Waals surface area contributed by atoms with Gasteiger partial charge in [-0.05, 0) is 55.5 Å². The average Bonchev–Trinajstić information content (AvgIpc) is 3.28. The third-order valence-corrected chi connectivity index (χ3v) is 4.84. The quantitative estimate of drug-likeness (QED) is 0.723. The highest BCUT2D eigenvalue weighted by Gasteiger charge is 2.45. The summed E-state index contributed by atoms with van der Waals surface area (Å²) in [5, 5.41) is 9.36. The fraction of sp³-hybridized carbons (Fsp3) is 0.316. The van der Waals surface area contributed by atoms with Gasteiger partial charge in [-0.1, -0.05) is 12.1 Å². The van der Waals surface area contributed by atoms with E-state index in [1.165, 1.54) is 5.56 Å². The van der Waals surface area contributed by atoms with Gasteiger partial charge in [-0.15, -0.1) is 0 Å². The second-order valence-electron chi connectivity index (χ2n) is 6.57. The van der Waals surface area contributed by atoms with Crippen molar-refractivity contribution in [3.05, 3.63) is 47.2 Å². The summed E-state index contributed by atoms with van der Waals surface area (Å²) in [6, 6.07) is 10.8. The number of fused-ring (bicyclic) bond motifs is 1. The largest absolute Gasteiger partial charge is 0.326 e. The molecule has 3 aromatic rings. The number of rotatable bonds is 2. The summed E-state index contributed by atoms with van der Waals surface area (Å²) in [6.07, 6.45) is 3.73. The lowest BCUT2D eigenvalue weighted by molar-refractivity contribution is 0.888. The molecule has 0 unspecified atom stereocenters. The number of hydrogen-bond donors (Lipinski definition) is 0. The van der Waals surface area contributed by atoms with Gasteiger partial charge in [0.15, 0.2) is 5.82 Å². The lowest BCUT2D eigenvalue weighted by Crippen LogP contribution is -2.05.